The summed E-state index contributed by atoms with van der Waals surface area (Å²) in [5.74, 6) is -0.514. The molecule has 1 amide bonds. The average Bonchev–Trinajstić information content (AvgIpc) is 3.31. The number of nitriles is 1. The van der Waals surface area contributed by atoms with Crippen LogP contribution in [0, 0.1) is 16.7 Å². The number of likely N-dealkylation sites (N-methyl/N-ethyl adjacent to an activating group) is 1. The fraction of sp³-hybridized carbons (Fsp3) is 0.273. The molecule has 0 saturated heterocycles. The minimum absolute atomic E-state index is 0.201. The van der Waals surface area contributed by atoms with Gasteiger partial charge in [0.05, 0.1) is 17.0 Å². The lowest BCUT2D eigenvalue weighted by Gasteiger charge is -2.22. The summed E-state index contributed by atoms with van der Waals surface area (Å²) in [4.78, 5) is 31.8. The highest BCUT2D eigenvalue weighted by Gasteiger charge is 2.26. The Morgan fingerprint density at radius 3 is 2.54 bits per heavy atom. The molecule has 0 fully saturated rings. The van der Waals surface area contributed by atoms with E-state index in [1.807, 2.05) is 112 Å². The molecule has 0 saturated carbocycles. The number of carbonyl (C=O) groups is 2. The summed E-state index contributed by atoms with van der Waals surface area (Å²) >= 11 is 0. The van der Waals surface area contributed by atoms with Crippen LogP contribution in [0.25, 0.3) is 33.3 Å². The highest BCUT2D eigenvalue weighted by Crippen LogP contribution is 2.35. The minimum Gasteiger partial charge on any atom is -0.441 e. The van der Waals surface area contributed by atoms with Gasteiger partial charge in [-0.1, -0.05) is 30.3 Å². The predicted octanol–water partition coefficient (Wildman–Crippen LogP) is 6.41. The van der Waals surface area contributed by atoms with Crippen molar-refractivity contribution in [1.29, 1.82) is 5.26 Å². The SMILES string of the molecule is CC(OC(=O)C(C)(C)C)n1cc(-c2cccc(C#N)c2)c2cc(-c3cccc(NC(=O)/C=C/CN(C)C)c3)cnc21. The number of aromatic nitrogens is 2. The number of carbonyl (C=O) groups excluding carboxylic acids is 2. The van der Waals surface area contributed by atoms with E-state index in [1.54, 1.807) is 12.3 Å². The normalized spacial score (nSPS) is 12.4. The molecule has 2 aromatic heterocycles. The minimum atomic E-state index is -0.648. The number of fused-ring (bicyclic) bond motifs is 1. The third-order valence-corrected chi connectivity index (χ3v) is 6.46. The molecule has 0 radical (unpaired) electrons. The van der Waals surface area contributed by atoms with Gasteiger partial charge in [-0.3, -0.25) is 14.2 Å². The van der Waals surface area contributed by atoms with Crippen molar-refractivity contribution in [3.05, 3.63) is 84.7 Å². The lowest BCUT2D eigenvalue weighted by molar-refractivity contribution is -0.162. The Labute approximate surface area is 240 Å². The molecule has 8 heteroatoms. The van der Waals surface area contributed by atoms with Crippen molar-refractivity contribution in [2.75, 3.05) is 26.0 Å². The van der Waals surface area contributed by atoms with Crippen molar-refractivity contribution >= 4 is 28.6 Å². The number of nitrogens with one attached hydrogen (secondary N) is 1. The Hall–Kier alpha value is -4.74. The first-order chi connectivity index (χ1) is 19.5. The number of anilines is 1. The monoisotopic (exact) mass is 549 g/mol. The highest BCUT2D eigenvalue weighted by atomic mass is 16.6. The van der Waals surface area contributed by atoms with E-state index in [2.05, 4.69) is 11.4 Å². The molecule has 0 bridgehead atoms. The van der Waals surface area contributed by atoms with E-state index in [4.69, 9.17) is 9.72 Å². The van der Waals surface area contributed by atoms with E-state index in [9.17, 15) is 14.9 Å². The molecule has 0 aliphatic carbocycles. The second-order valence-corrected chi connectivity index (χ2v) is 11.2. The molecule has 4 rings (SSSR count). The number of benzene rings is 2. The standard InChI is InChI=1S/C33H35N5O3/c1-22(41-32(40)33(2,3)4)38-21-29(25-12-7-10-23(16-25)19-34)28-18-26(20-35-31(28)38)24-11-8-13-27(17-24)36-30(39)14-9-15-37(5)6/h7-14,16-18,20-22H,15H2,1-6H3,(H,36,39)/b14-9+. The Morgan fingerprint density at radius 2 is 1.83 bits per heavy atom. The Morgan fingerprint density at radius 1 is 1.10 bits per heavy atom. The zero-order chi connectivity index (χ0) is 29.7. The van der Waals surface area contributed by atoms with Gasteiger partial charge in [-0.05, 0) is 83.2 Å². The zero-order valence-corrected chi connectivity index (χ0v) is 24.3. The molecule has 1 N–H and O–H groups in total. The van der Waals surface area contributed by atoms with Crippen molar-refractivity contribution in [1.82, 2.24) is 14.5 Å². The van der Waals surface area contributed by atoms with E-state index in [0.29, 0.717) is 23.4 Å². The van der Waals surface area contributed by atoms with Crippen LogP contribution in [0.3, 0.4) is 0 Å². The molecule has 0 aliphatic rings. The van der Waals surface area contributed by atoms with Gasteiger partial charge in [-0.2, -0.15) is 5.26 Å². The van der Waals surface area contributed by atoms with E-state index < -0.39 is 11.6 Å². The van der Waals surface area contributed by atoms with Gasteiger partial charge in [0, 0.05) is 47.2 Å². The van der Waals surface area contributed by atoms with Crippen LogP contribution in [-0.2, 0) is 14.3 Å². The topological polar surface area (TPSA) is 100 Å². The lowest BCUT2D eigenvalue weighted by Crippen LogP contribution is -2.26. The number of hydrogen-bond acceptors (Lipinski definition) is 6. The van der Waals surface area contributed by atoms with Gasteiger partial charge in [0.1, 0.15) is 5.65 Å². The molecule has 0 aliphatic heterocycles. The van der Waals surface area contributed by atoms with Gasteiger partial charge >= 0.3 is 5.97 Å². The van der Waals surface area contributed by atoms with Crippen molar-refractivity contribution in [2.24, 2.45) is 5.41 Å². The van der Waals surface area contributed by atoms with E-state index >= 15 is 0 Å². The second kappa shape index (κ2) is 12.2. The molecule has 2 aromatic carbocycles. The summed E-state index contributed by atoms with van der Waals surface area (Å²) < 4.78 is 7.64. The number of esters is 1. The van der Waals surface area contributed by atoms with Crippen LogP contribution in [-0.4, -0.2) is 47.0 Å². The first kappa shape index (κ1) is 29.2. The molecule has 210 valence electrons. The van der Waals surface area contributed by atoms with Crippen LogP contribution in [0.15, 0.2) is 79.1 Å². The molecule has 0 spiro atoms. The lowest BCUT2D eigenvalue weighted by atomic mass is 9.97. The summed E-state index contributed by atoms with van der Waals surface area (Å²) in [5.41, 5.74) is 4.66. The maximum atomic E-state index is 12.7. The van der Waals surface area contributed by atoms with Crippen LogP contribution < -0.4 is 5.32 Å². The first-order valence-corrected chi connectivity index (χ1v) is 13.4. The number of hydrogen-bond donors (Lipinski definition) is 1. The summed E-state index contributed by atoms with van der Waals surface area (Å²) in [5, 5.41) is 13.2. The van der Waals surface area contributed by atoms with Crippen molar-refractivity contribution in [3.8, 4) is 28.3 Å². The Balaban J connectivity index is 1.75. The number of ether oxygens (including phenoxy) is 1. The number of nitrogens with zero attached hydrogens (tertiary/aromatic N) is 4. The molecule has 8 nitrogen and oxygen atoms in total. The maximum absolute atomic E-state index is 12.7. The molecule has 1 unspecified atom stereocenters. The second-order valence-electron chi connectivity index (χ2n) is 11.2. The van der Waals surface area contributed by atoms with Crippen LogP contribution in [0.4, 0.5) is 5.69 Å². The number of amides is 1. The summed E-state index contributed by atoms with van der Waals surface area (Å²) in [7, 11) is 3.88. The van der Waals surface area contributed by atoms with Crippen LogP contribution in [0.5, 0.6) is 0 Å². The molecule has 41 heavy (non-hydrogen) atoms. The van der Waals surface area contributed by atoms with Gasteiger partial charge in [-0.15, -0.1) is 0 Å². The Bertz CT molecular complexity index is 1650. The summed E-state index contributed by atoms with van der Waals surface area (Å²) in [6.07, 6.45) is 6.41. The van der Waals surface area contributed by atoms with Crippen molar-refractivity contribution in [2.45, 2.75) is 33.9 Å². The van der Waals surface area contributed by atoms with E-state index in [0.717, 1.165) is 27.6 Å². The molecule has 1 atom stereocenters. The summed E-state index contributed by atoms with van der Waals surface area (Å²) in [6, 6.07) is 19.2. The van der Waals surface area contributed by atoms with Crippen molar-refractivity contribution in [3.63, 3.8) is 0 Å². The Kier molecular flexibility index (Phi) is 8.70. The van der Waals surface area contributed by atoms with Gasteiger partial charge < -0.3 is 15.0 Å². The van der Waals surface area contributed by atoms with E-state index in [-0.39, 0.29) is 11.9 Å². The molecular formula is C33H35N5O3. The largest absolute Gasteiger partial charge is 0.441 e. The van der Waals surface area contributed by atoms with Crippen LogP contribution >= 0.6 is 0 Å². The summed E-state index contributed by atoms with van der Waals surface area (Å²) in [6.45, 7) is 7.93. The first-order valence-electron chi connectivity index (χ1n) is 13.4. The van der Waals surface area contributed by atoms with Crippen LogP contribution in [0.2, 0.25) is 0 Å². The van der Waals surface area contributed by atoms with Gasteiger partial charge in [0.2, 0.25) is 5.91 Å². The predicted molar refractivity (Wildman–Crippen MR) is 162 cm³/mol. The fourth-order valence-corrected chi connectivity index (χ4v) is 4.27. The quantitative estimate of drug-likeness (QED) is 0.201. The molecular weight excluding hydrogens is 514 g/mol. The highest BCUT2D eigenvalue weighted by molar-refractivity contribution is 6.00. The van der Waals surface area contributed by atoms with Gasteiger partial charge in [-0.25, -0.2) is 4.98 Å². The third-order valence-electron chi connectivity index (χ3n) is 6.46. The van der Waals surface area contributed by atoms with Crippen molar-refractivity contribution < 1.29 is 14.3 Å². The van der Waals surface area contributed by atoms with Gasteiger partial charge in [0.15, 0.2) is 6.23 Å². The smallest absolute Gasteiger partial charge is 0.313 e. The zero-order valence-electron chi connectivity index (χ0n) is 24.3. The maximum Gasteiger partial charge on any atom is 0.313 e. The third kappa shape index (κ3) is 7.07. The van der Waals surface area contributed by atoms with Crippen LogP contribution in [0.1, 0.15) is 39.5 Å². The molecule has 4 aromatic rings. The molecule has 2 heterocycles. The number of pyridine rings is 1. The van der Waals surface area contributed by atoms with Gasteiger partial charge in [0.25, 0.3) is 0 Å². The fourth-order valence-electron chi connectivity index (χ4n) is 4.27. The van der Waals surface area contributed by atoms with E-state index in [1.165, 1.54) is 6.08 Å². The average molecular weight is 550 g/mol. The number of rotatable bonds is 8.